The van der Waals surface area contributed by atoms with Crippen LogP contribution in [-0.4, -0.2) is 22.4 Å². The minimum absolute atomic E-state index is 0.284. The maximum absolute atomic E-state index is 9.15. The molecule has 2 unspecified atom stereocenters. The van der Waals surface area contributed by atoms with Crippen LogP contribution in [0, 0.1) is 5.92 Å². The fraction of sp³-hybridized carbons (Fsp3) is 0.800. The van der Waals surface area contributed by atoms with Gasteiger partial charge < -0.3 is 10.2 Å². The Bertz CT molecular complexity index is 109. The molecule has 0 saturated heterocycles. The van der Waals surface area contributed by atoms with E-state index in [-0.39, 0.29) is 12.2 Å². The summed E-state index contributed by atoms with van der Waals surface area (Å²) in [6.07, 6.45) is 3.64. The third kappa shape index (κ3) is 6.38. The van der Waals surface area contributed by atoms with E-state index in [0.29, 0.717) is 5.92 Å². The summed E-state index contributed by atoms with van der Waals surface area (Å²) in [6.45, 7) is 7.20. The van der Waals surface area contributed by atoms with Crippen LogP contribution in [0.15, 0.2) is 12.7 Å². The zero-order chi connectivity index (χ0) is 9.56. The Morgan fingerprint density at radius 1 is 1.17 bits per heavy atom. The van der Waals surface area contributed by atoms with Gasteiger partial charge in [-0.1, -0.05) is 6.08 Å². The van der Waals surface area contributed by atoms with E-state index in [0.717, 1.165) is 19.3 Å². The van der Waals surface area contributed by atoms with Gasteiger partial charge in [-0.05, 0) is 39.0 Å². The molecule has 0 amide bonds. The molecular weight excluding hydrogens is 152 g/mol. The van der Waals surface area contributed by atoms with Crippen LogP contribution in [0.5, 0.6) is 0 Å². The lowest BCUT2D eigenvalue weighted by atomic mass is 9.93. The van der Waals surface area contributed by atoms with Crippen molar-refractivity contribution in [1.29, 1.82) is 0 Å². The molecule has 2 nitrogen and oxygen atoms in total. The topological polar surface area (TPSA) is 40.5 Å². The van der Waals surface area contributed by atoms with Crippen LogP contribution in [0.3, 0.4) is 0 Å². The van der Waals surface area contributed by atoms with Gasteiger partial charge in [-0.25, -0.2) is 0 Å². The Morgan fingerprint density at radius 2 is 1.58 bits per heavy atom. The Labute approximate surface area is 74.9 Å². The van der Waals surface area contributed by atoms with E-state index >= 15 is 0 Å². The quantitative estimate of drug-likeness (QED) is 0.599. The lowest BCUT2D eigenvalue weighted by molar-refractivity contribution is 0.120. The van der Waals surface area contributed by atoms with Crippen molar-refractivity contribution in [3.63, 3.8) is 0 Å². The van der Waals surface area contributed by atoms with Gasteiger partial charge in [0.05, 0.1) is 12.2 Å². The molecule has 12 heavy (non-hydrogen) atoms. The van der Waals surface area contributed by atoms with Gasteiger partial charge in [0.2, 0.25) is 0 Å². The molecular formula is C10H20O2. The Balaban J connectivity index is 3.77. The van der Waals surface area contributed by atoms with Gasteiger partial charge in [-0.3, -0.25) is 0 Å². The molecule has 0 heterocycles. The standard InChI is InChI=1S/C10H20O2/c1-4-5-10(6-8(2)11)7-9(3)12/h4,8-12H,1,5-7H2,2-3H3. The Morgan fingerprint density at radius 3 is 1.83 bits per heavy atom. The third-order valence-electron chi connectivity index (χ3n) is 1.85. The van der Waals surface area contributed by atoms with Crippen LogP contribution in [-0.2, 0) is 0 Å². The second kappa shape index (κ2) is 6.21. The third-order valence-corrected chi connectivity index (χ3v) is 1.85. The molecule has 2 heteroatoms. The molecule has 0 aromatic carbocycles. The second-order valence-electron chi connectivity index (χ2n) is 3.56. The van der Waals surface area contributed by atoms with Crippen molar-refractivity contribution >= 4 is 0 Å². The van der Waals surface area contributed by atoms with Crippen molar-refractivity contribution in [3.05, 3.63) is 12.7 Å². The van der Waals surface area contributed by atoms with Crippen LogP contribution in [0.2, 0.25) is 0 Å². The molecule has 72 valence electrons. The van der Waals surface area contributed by atoms with Crippen LogP contribution in [0.1, 0.15) is 33.1 Å². The van der Waals surface area contributed by atoms with E-state index in [1.54, 1.807) is 13.8 Å². The highest BCUT2D eigenvalue weighted by atomic mass is 16.3. The van der Waals surface area contributed by atoms with E-state index in [9.17, 15) is 0 Å². The fourth-order valence-electron chi connectivity index (χ4n) is 1.49. The molecule has 2 atom stereocenters. The van der Waals surface area contributed by atoms with Crippen LogP contribution >= 0.6 is 0 Å². The first-order valence-corrected chi connectivity index (χ1v) is 4.53. The normalized spacial score (nSPS) is 18.3. The lowest BCUT2D eigenvalue weighted by Gasteiger charge is -2.17. The van der Waals surface area contributed by atoms with Gasteiger partial charge in [-0.2, -0.15) is 0 Å². The van der Waals surface area contributed by atoms with Crippen molar-refractivity contribution in [3.8, 4) is 0 Å². The van der Waals surface area contributed by atoms with Gasteiger partial charge in [0.1, 0.15) is 0 Å². The van der Waals surface area contributed by atoms with E-state index < -0.39 is 0 Å². The van der Waals surface area contributed by atoms with Crippen molar-refractivity contribution in [2.24, 2.45) is 5.92 Å². The SMILES string of the molecule is C=CCC(CC(C)O)CC(C)O. The highest BCUT2D eigenvalue weighted by Crippen LogP contribution is 2.18. The molecule has 0 fully saturated rings. The van der Waals surface area contributed by atoms with Crippen molar-refractivity contribution < 1.29 is 10.2 Å². The molecule has 0 saturated carbocycles. The Hall–Kier alpha value is -0.340. The molecule has 0 aromatic heterocycles. The number of hydrogen-bond donors (Lipinski definition) is 2. The predicted molar refractivity (Wildman–Crippen MR) is 50.9 cm³/mol. The minimum atomic E-state index is -0.284. The summed E-state index contributed by atoms with van der Waals surface area (Å²) >= 11 is 0. The van der Waals surface area contributed by atoms with Crippen molar-refractivity contribution in [2.45, 2.75) is 45.3 Å². The van der Waals surface area contributed by atoms with Gasteiger partial charge in [0.25, 0.3) is 0 Å². The summed E-state index contributed by atoms with van der Waals surface area (Å²) in [5, 5.41) is 18.3. The van der Waals surface area contributed by atoms with Gasteiger partial charge in [0.15, 0.2) is 0 Å². The smallest absolute Gasteiger partial charge is 0.0514 e. The number of rotatable bonds is 6. The van der Waals surface area contributed by atoms with E-state index in [4.69, 9.17) is 10.2 Å². The predicted octanol–water partition coefficient (Wildman–Crippen LogP) is 1.72. The average molecular weight is 172 g/mol. The summed E-state index contributed by atoms with van der Waals surface area (Å²) in [7, 11) is 0. The fourth-order valence-corrected chi connectivity index (χ4v) is 1.49. The number of allylic oxidation sites excluding steroid dienone is 1. The van der Waals surface area contributed by atoms with Crippen molar-refractivity contribution in [2.75, 3.05) is 0 Å². The molecule has 0 aliphatic carbocycles. The van der Waals surface area contributed by atoms with Gasteiger partial charge in [0, 0.05) is 0 Å². The number of aliphatic hydroxyl groups is 2. The molecule has 0 aromatic rings. The summed E-state index contributed by atoms with van der Waals surface area (Å²) < 4.78 is 0. The monoisotopic (exact) mass is 172 g/mol. The maximum Gasteiger partial charge on any atom is 0.0514 e. The van der Waals surface area contributed by atoms with Gasteiger partial charge >= 0.3 is 0 Å². The summed E-state index contributed by atoms with van der Waals surface area (Å²) in [5.41, 5.74) is 0. The van der Waals surface area contributed by atoms with Crippen LogP contribution < -0.4 is 0 Å². The van der Waals surface area contributed by atoms with Gasteiger partial charge in [-0.15, -0.1) is 6.58 Å². The minimum Gasteiger partial charge on any atom is -0.393 e. The zero-order valence-corrected chi connectivity index (χ0v) is 8.03. The highest BCUT2D eigenvalue weighted by molar-refractivity contribution is 4.75. The molecule has 0 aliphatic heterocycles. The summed E-state index contributed by atoms with van der Waals surface area (Å²) in [4.78, 5) is 0. The lowest BCUT2D eigenvalue weighted by Crippen LogP contribution is -2.14. The Kier molecular flexibility index (Phi) is 6.03. The molecule has 0 rings (SSSR count). The van der Waals surface area contributed by atoms with E-state index in [1.807, 2.05) is 6.08 Å². The molecule has 0 radical (unpaired) electrons. The van der Waals surface area contributed by atoms with Crippen molar-refractivity contribution in [1.82, 2.24) is 0 Å². The number of hydrogen-bond acceptors (Lipinski definition) is 2. The first-order chi connectivity index (χ1) is 5.56. The second-order valence-corrected chi connectivity index (χ2v) is 3.56. The molecule has 0 aliphatic rings. The van der Waals surface area contributed by atoms with Crippen LogP contribution in [0.4, 0.5) is 0 Å². The van der Waals surface area contributed by atoms with Crippen LogP contribution in [0.25, 0.3) is 0 Å². The number of aliphatic hydroxyl groups excluding tert-OH is 2. The zero-order valence-electron chi connectivity index (χ0n) is 8.03. The molecule has 0 bridgehead atoms. The maximum atomic E-state index is 9.15. The average Bonchev–Trinajstić information content (AvgIpc) is 1.84. The highest BCUT2D eigenvalue weighted by Gasteiger charge is 2.12. The molecule has 2 N–H and O–H groups in total. The largest absolute Gasteiger partial charge is 0.393 e. The molecule has 0 spiro atoms. The summed E-state index contributed by atoms with van der Waals surface area (Å²) in [5.74, 6) is 0.363. The summed E-state index contributed by atoms with van der Waals surface area (Å²) in [6, 6.07) is 0. The first-order valence-electron chi connectivity index (χ1n) is 4.53. The first kappa shape index (κ1) is 11.7. The van der Waals surface area contributed by atoms with E-state index in [2.05, 4.69) is 6.58 Å². The van der Waals surface area contributed by atoms with E-state index in [1.165, 1.54) is 0 Å².